The summed E-state index contributed by atoms with van der Waals surface area (Å²) in [6.45, 7) is 0.916. The third-order valence-electron chi connectivity index (χ3n) is 2.71. The fourth-order valence-corrected chi connectivity index (χ4v) is 1.82. The minimum atomic E-state index is 0.242. The summed E-state index contributed by atoms with van der Waals surface area (Å²) in [5, 5.41) is 3.30. The smallest absolute Gasteiger partial charge is 0.127 e. The van der Waals surface area contributed by atoms with Gasteiger partial charge in [0.1, 0.15) is 11.5 Å². The third-order valence-corrected chi connectivity index (χ3v) is 2.71. The van der Waals surface area contributed by atoms with Gasteiger partial charge in [0.05, 0.1) is 14.2 Å². The van der Waals surface area contributed by atoms with E-state index in [1.165, 1.54) is 0 Å². The van der Waals surface area contributed by atoms with Crippen LogP contribution in [-0.2, 0) is 0 Å². The van der Waals surface area contributed by atoms with Gasteiger partial charge in [-0.2, -0.15) is 0 Å². The van der Waals surface area contributed by atoms with Crippen molar-refractivity contribution in [1.29, 1.82) is 0 Å². The second-order valence-electron chi connectivity index (χ2n) is 4.21. The Morgan fingerprint density at radius 1 is 1.24 bits per heavy atom. The Kier molecular flexibility index (Phi) is 5.25. The topological polar surface area (TPSA) is 33.7 Å². The van der Waals surface area contributed by atoms with E-state index in [1.807, 2.05) is 25.2 Å². The molecule has 0 bridgehead atoms. The summed E-state index contributed by atoms with van der Waals surface area (Å²) >= 11 is 0. The van der Waals surface area contributed by atoms with Crippen LogP contribution in [0.4, 0.5) is 0 Å². The second kappa shape index (κ2) is 6.47. The number of nitrogens with zero attached hydrogens (tertiary/aromatic N) is 1. The average molecular weight is 238 g/mol. The number of ether oxygens (including phenoxy) is 2. The Labute approximate surface area is 104 Å². The molecule has 4 nitrogen and oxygen atoms in total. The molecule has 1 rings (SSSR count). The van der Waals surface area contributed by atoms with Crippen LogP contribution in [0.2, 0.25) is 0 Å². The fourth-order valence-electron chi connectivity index (χ4n) is 1.82. The van der Waals surface area contributed by atoms with Gasteiger partial charge in [0, 0.05) is 24.2 Å². The molecule has 1 aromatic rings. The van der Waals surface area contributed by atoms with Crippen LogP contribution in [0, 0.1) is 0 Å². The van der Waals surface area contributed by atoms with Crippen LogP contribution in [0.15, 0.2) is 18.2 Å². The van der Waals surface area contributed by atoms with Crippen molar-refractivity contribution in [3.05, 3.63) is 23.8 Å². The van der Waals surface area contributed by atoms with Gasteiger partial charge >= 0.3 is 0 Å². The molecular weight excluding hydrogens is 216 g/mol. The standard InChI is InChI=1S/C13H22N2O2/c1-14-12(9-15(2)3)11-7-6-10(16-4)8-13(11)17-5/h6-8,12,14H,9H2,1-5H3. The number of hydrogen-bond acceptors (Lipinski definition) is 4. The molecule has 96 valence electrons. The molecule has 0 saturated heterocycles. The zero-order valence-corrected chi connectivity index (χ0v) is 11.3. The maximum absolute atomic E-state index is 5.41. The van der Waals surface area contributed by atoms with Gasteiger partial charge in [-0.05, 0) is 27.2 Å². The second-order valence-corrected chi connectivity index (χ2v) is 4.21. The van der Waals surface area contributed by atoms with E-state index in [-0.39, 0.29) is 6.04 Å². The summed E-state index contributed by atoms with van der Waals surface area (Å²) < 4.78 is 10.6. The van der Waals surface area contributed by atoms with Crippen molar-refractivity contribution in [3.63, 3.8) is 0 Å². The molecule has 0 saturated carbocycles. The van der Waals surface area contributed by atoms with E-state index in [0.29, 0.717) is 0 Å². The first-order chi connectivity index (χ1) is 8.12. The number of nitrogens with one attached hydrogen (secondary N) is 1. The van der Waals surface area contributed by atoms with Gasteiger partial charge in [0.15, 0.2) is 0 Å². The number of methoxy groups -OCH3 is 2. The summed E-state index contributed by atoms with van der Waals surface area (Å²) in [5.74, 6) is 1.66. The highest BCUT2D eigenvalue weighted by molar-refractivity contribution is 5.42. The van der Waals surface area contributed by atoms with E-state index in [1.54, 1.807) is 14.2 Å². The summed E-state index contributed by atoms with van der Waals surface area (Å²) in [6, 6.07) is 6.15. The van der Waals surface area contributed by atoms with E-state index < -0.39 is 0 Å². The van der Waals surface area contributed by atoms with Crippen LogP contribution in [0.3, 0.4) is 0 Å². The van der Waals surface area contributed by atoms with Crippen molar-refractivity contribution in [2.45, 2.75) is 6.04 Å². The van der Waals surface area contributed by atoms with Crippen LogP contribution in [-0.4, -0.2) is 46.8 Å². The molecule has 17 heavy (non-hydrogen) atoms. The number of rotatable bonds is 6. The molecule has 1 aromatic carbocycles. The molecule has 0 fully saturated rings. The van der Waals surface area contributed by atoms with Crippen LogP contribution in [0.25, 0.3) is 0 Å². The van der Waals surface area contributed by atoms with Crippen molar-refractivity contribution < 1.29 is 9.47 Å². The minimum absolute atomic E-state index is 0.242. The van der Waals surface area contributed by atoms with E-state index in [9.17, 15) is 0 Å². The van der Waals surface area contributed by atoms with E-state index in [4.69, 9.17) is 9.47 Å². The predicted octanol–water partition coefficient (Wildman–Crippen LogP) is 1.53. The SMILES string of the molecule is CNC(CN(C)C)c1ccc(OC)cc1OC. The van der Waals surface area contributed by atoms with Gasteiger partial charge in [-0.25, -0.2) is 0 Å². The highest BCUT2D eigenvalue weighted by Gasteiger charge is 2.15. The highest BCUT2D eigenvalue weighted by Crippen LogP contribution is 2.29. The molecular formula is C13H22N2O2. The molecule has 0 aliphatic carbocycles. The quantitative estimate of drug-likeness (QED) is 0.815. The highest BCUT2D eigenvalue weighted by atomic mass is 16.5. The molecule has 1 atom stereocenters. The van der Waals surface area contributed by atoms with Crippen molar-refractivity contribution >= 4 is 0 Å². The number of hydrogen-bond donors (Lipinski definition) is 1. The molecule has 0 amide bonds. The number of likely N-dealkylation sites (N-methyl/N-ethyl adjacent to an activating group) is 2. The molecule has 0 aliphatic rings. The Morgan fingerprint density at radius 3 is 2.41 bits per heavy atom. The van der Waals surface area contributed by atoms with Crippen LogP contribution < -0.4 is 14.8 Å². The lowest BCUT2D eigenvalue weighted by atomic mass is 10.1. The minimum Gasteiger partial charge on any atom is -0.497 e. The van der Waals surface area contributed by atoms with Crippen molar-refractivity contribution in [2.75, 3.05) is 41.9 Å². The van der Waals surface area contributed by atoms with E-state index >= 15 is 0 Å². The summed E-state index contributed by atoms with van der Waals surface area (Å²) in [5.41, 5.74) is 1.14. The zero-order chi connectivity index (χ0) is 12.8. The average Bonchev–Trinajstić information content (AvgIpc) is 2.35. The van der Waals surface area contributed by atoms with Gasteiger partial charge in [-0.1, -0.05) is 6.07 Å². The fraction of sp³-hybridized carbons (Fsp3) is 0.538. The lowest BCUT2D eigenvalue weighted by molar-refractivity contribution is 0.339. The van der Waals surface area contributed by atoms with E-state index in [0.717, 1.165) is 23.6 Å². The van der Waals surface area contributed by atoms with Crippen molar-refractivity contribution in [1.82, 2.24) is 10.2 Å². The monoisotopic (exact) mass is 238 g/mol. The van der Waals surface area contributed by atoms with Gasteiger partial charge in [0.25, 0.3) is 0 Å². The summed E-state index contributed by atoms with van der Waals surface area (Å²) in [4.78, 5) is 2.14. The first-order valence-corrected chi connectivity index (χ1v) is 5.66. The van der Waals surface area contributed by atoms with Crippen molar-refractivity contribution in [2.24, 2.45) is 0 Å². The van der Waals surface area contributed by atoms with Gasteiger partial charge in [0.2, 0.25) is 0 Å². The first-order valence-electron chi connectivity index (χ1n) is 5.66. The zero-order valence-electron chi connectivity index (χ0n) is 11.3. The summed E-state index contributed by atoms with van der Waals surface area (Å²) in [7, 11) is 9.41. The van der Waals surface area contributed by atoms with Gasteiger partial charge in [-0.3, -0.25) is 0 Å². The Balaban J connectivity index is 3.01. The molecule has 0 aliphatic heterocycles. The molecule has 0 aromatic heterocycles. The largest absolute Gasteiger partial charge is 0.497 e. The Hall–Kier alpha value is -1.26. The normalized spacial score (nSPS) is 12.6. The lowest BCUT2D eigenvalue weighted by Crippen LogP contribution is -2.29. The lowest BCUT2D eigenvalue weighted by Gasteiger charge is -2.23. The predicted molar refractivity (Wildman–Crippen MR) is 69.9 cm³/mol. The Bertz CT molecular complexity index is 353. The van der Waals surface area contributed by atoms with Gasteiger partial charge in [-0.15, -0.1) is 0 Å². The molecule has 0 radical (unpaired) electrons. The summed E-state index contributed by atoms with van der Waals surface area (Å²) in [6.07, 6.45) is 0. The number of benzene rings is 1. The molecule has 0 spiro atoms. The van der Waals surface area contributed by atoms with Crippen molar-refractivity contribution in [3.8, 4) is 11.5 Å². The van der Waals surface area contributed by atoms with Crippen LogP contribution in [0.1, 0.15) is 11.6 Å². The van der Waals surface area contributed by atoms with Gasteiger partial charge < -0.3 is 19.7 Å². The molecule has 1 unspecified atom stereocenters. The maximum Gasteiger partial charge on any atom is 0.127 e. The first kappa shape index (κ1) is 13.8. The van der Waals surface area contributed by atoms with Crippen LogP contribution >= 0.6 is 0 Å². The molecule has 4 heteroatoms. The molecule has 0 heterocycles. The van der Waals surface area contributed by atoms with Crippen LogP contribution in [0.5, 0.6) is 11.5 Å². The molecule has 1 N–H and O–H groups in total. The Morgan fingerprint density at radius 2 is 1.94 bits per heavy atom. The van der Waals surface area contributed by atoms with E-state index in [2.05, 4.69) is 24.3 Å². The third kappa shape index (κ3) is 3.61. The maximum atomic E-state index is 5.41.